The van der Waals surface area contributed by atoms with Crippen LogP contribution in [0.1, 0.15) is 175 Å². The highest BCUT2D eigenvalue weighted by Crippen LogP contribution is 2.53. The molecular weight excluding hydrogens is 360 g/mol. The molecule has 178 valence electrons. The van der Waals surface area contributed by atoms with Crippen LogP contribution < -0.4 is 0 Å². The fourth-order valence-corrected chi connectivity index (χ4v) is 6.77. The molecule has 2 rings (SSSR count). The average molecular weight is 419 g/mol. The Hall–Kier alpha value is 0. The van der Waals surface area contributed by atoms with Crippen LogP contribution in [0.25, 0.3) is 0 Å². The van der Waals surface area contributed by atoms with Crippen molar-refractivity contribution in [2.45, 2.75) is 175 Å². The van der Waals surface area contributed by atoms with Crippen molar-refractivity contribution >= 4 is 0 Å². The molecule has 0 N–H and O–H groups in total. The van der Waals surface area contributed by atoms with Gasteiger partial charge in [0.05, 0.1) is 0 Å². The van der Waals surface area contributed by atoms with Crippen LogP contribution >= 0.6 is 0 Å². The van der Waals surface area contributed by atoms with Gasteiger partial charge in [0.2, 0.25) is 0 Å². The quantitative estimate of drug-likeness (QED) is 0.397. The fourth-order valence-electron chi connectivity index (χ4n) is 6.77. The molecule has 0 aromatic carbocycles. The first-order chi connectivity index (χ1) is 14.6. The van der Waals surface area contributed by atoms with E-state index in [0.29, 0.717) is 10.8 Å². The van der Waals surface area contributed by atoms with Crippen LogP contribution in [-0.2, 0) is 0 Å². The highest BCUT2D eigenvalue weighted by Gasteiger charge is 2.42. The van der Waals surface area contributed by atoms with Crippen LogP contribution in [0.4, 0.5) is 0 Å². The van der Waals surface area contributed by atoms with E-state index in [1.54, 1.807) is 0 Å². The largest absolute Gasteiger partial charge is 0.0625 e. The third kappa shape index (κ3) is 9.65. The van der Waals surface area contributed by atoms with Gasteiger partial charge in [-0.15, -0.1) is 0 Å². The minimum Gasteiger partial charge on any atom is -0.0625 e. The van der Waals surface area contributed by atoms with Gasteiger partial charge in [-0.25, -0.2) is 0 Å². The lowest BCUT2D eigenvalue weighted by atomic mass is 9.57. The third-order valence-corrected chi connectivity index (χ3v) is 9.52. The zero-order valence-corrected chi connectivity index (χ0v) is 21.5. The predicted octanol–water partition coefficient (Wildman–Crippen LogP) is 11.0. The summed E-state index contributed by atoms with van der Waals surface area (Å²) >= 11 is 0. The first kappa shape index (κ1) is 26.3. The minimum atomic E-state index is 0.574. The number of hydrogen-bond donors (Lipinski definition) is 0. The molecule has 0 radical (unpaired) electrons. The van der Waals surface area contributed by atoms with Gasteiger partial charge in [-0.1, -0.05) is 149 Å². The molecule has 0 heterocycles. The molecule has 0 amide bonds. The van der Waals surface area contributed by atoms with Gasteiger partial charge in [0.15, 0.2) is 0 Å². The van der Waals surface area contributed by atoms with E-state index in [1.165, 1.54) is 154 Å². The molecule has 0 heteroatoms. The summed E-state index contributed by atoms with van der Waals surface area (Å²) in [5.41, 5.74) is 1.15. The molecule has 0 aromatic heterocycles. The summed E-state index contributed by atoms with van der Waals surface area (Å²) < 4.78 is 0. The smallest absolute Gasteiger partial charge is 0.0272 e. The Morgan fingerprint density at radius 2 is 0.600 bits per heavy atom. The molecule has 0 saturated heterocycles. The lowest BCUT2D eigenvalue weighted by Gasteiger charge is -2.48. The van der Waals surface area contributed by atoms with E-state index < -0.39 is 0 Å². The summed E-state index contributed by atoms with van der Waals surface area (Å²) in [6.45, 7) is 7.96. The van der Waals surface area contributed by atoms with Crippen molar-refractivity contribution in [3.8, 4) is 0 Å². The first-order valence-corrected chi connectivity index (χ1v) is 14.6. The van der Waals surface area contributed by atoms with Crippen molar-refractivity contribution in [2.24, 2.45) is 16.7 Å². The molecule has 2 aliphatic rings. The molecule has 2 fully saturated rings. The molecule has 0 bridgehead atoms. The molecule has 2 saturated carbocycles. The van der Waals surface area contributed by atoms with Crippen LogP contribution in [0, 0.1) is 16.7 Å². The van der Waals surface area contributed by atoms with Crippen molar-refractivity contribution in [1.29, 1.82) is 0 Å². The topological polar surface area (TPSA) is 0 Å². The Balaban J connectivity index is 2.01. The first-order valence-electron chi connectivity index (χ1n) is 14.6. The van der Waals surface area contributed by atoms with E-state index in [-0.39, 0.29) is 0 Å². The Bertz CT molecular complexity index is 378. The Morgan fingerprint density at radius 1 is 0.367 bits per heavy atom. The van der Waals surface area contributed by atoms with Crippen molar-refractivity contribution in [2.75, 3.05) is 0 Å². The number of rotatable bonds is 1. The van der Waals surface area contributed by atoms with Crippen molar-refractivity contribution < 1.29 is 0 Å². The van der Waals surface area contributed by atoms with E-state index in [0.717, 1.165) is 5.92 Å². The third-order valence-electron chi connectivity index (χ3n) is 9.52. The molecule has 2 aliphatic carbocycles. The molecule has 0 unspecified atom stereocenters. The molecule has 0 aliphatic heterocycles. The molecule has 0 atom stereocenters. The Kier molecular flexibility index (Phi) is 13.1. The molecule has 30 heavy (non-hydrogen) atoms. The van der Waals surface area contributed by atoms with E-state index in [4.69, 9.17) is 0 Å². The van der Waals surface area contributed by atoms with E-state index in [2.05, 4.69) is 20.8 Å². The second-order valence-electron chi connectivity index (χ2n) is 12.2. The number of hydrogen-bond acceptors (Lipinski definition) is 0. The molecule has 0 aromatic rings. The lowest BCUT2D eigenvalue weighted by Crippen LogP contribution is -2.38. The van der Waals surface area contributed by atoms with Crippen LogP contribution in [0.5, 0.6) is 0 Å². The standard InChI is InChI=1S/C30H58/c1-28-22-16-10-14-20-26-30(3,27-21-15-11-17-23-28)29(2)24-18-12-8-6-4-5-7-9-13-19-25-29/h28H,4-27H2,1-3H3. The maximum atomic E-state index is 2.74. The summed E-state index contributed by atoms with van der Waals surface area (Å²) in [6, 6.07) is 0. The molecule has 0 nitrogen and oxygen atoms in total. The summed E-state index contributed by atoms with van der Waals surface area (Å²) in [5.74, 6) is 0.970. The molecular formula is C30H58. The second kappa shape index (κ2) is 14.9. The van der Waals surface area contributed by atoms with Crippen molar-refractivity contribution in [3.63, 3.8) is 0 Å². The Morgan fingerprint density at radius 3 is 0.900 bits per heavy atom. The Labute approximate surface area is 191 Å². The van der Waals surface area contributed by atoms with Gasteiger partial charge in [-0.2, -0.15) is 0 Å². The summed E-state index contributed by atoms with van der Waals surface area (Å²) in [5, 5.41) is 0. The maximum absolute atomic E-state index is 2.74. The minimum absolute atomic E-state index is 0.574. The summed E-state index contributed by atoms with van der Waals surface area (Å²) in [4.78, 5) is 0. The van der Waals surface area contributed by atoms with Crippen LogP contribution in [0.15, 0.2) is 0 Å². The van der Waals surface area contributed by atoms with Crippen molar-refractivity contribution in [3.05, 3.63) is 0 Å². The summed E-state index contributed by atoms with van der Waals surface area (Å²) in [6.07, 6.45) is 35.7. The highest BCUT2D eigenvalue weighted by molar-refractivity contribution is 4.92. The van der Waals surface area contributed by atoms with Crippen LogP contribution in [-0.4, -0.2) is 0 Å². The van der Waals surface area contributed by atoms with Crippen LogP contribution in [0.3, 0.4) is 0 Å². The normalized spacial score (nSPS) is 32.7. The maximum Gasteiger partial charge on any atom is -0.0272 e. The zero-order chi connectivity index (χ0) is 21.5. The summed E-state index contributed by atoms with van der Waals surface area (Å²) in [7, 11) is 0. The predicted molar refractivity (Wildman–Crippen MR) is 136 cm³/mol. The van der Waals surface area contributed by atoms with Gasteiger partial charge in [0.1, 0.15) is 0 Å². The highest BCUT2D eigenvalue weighted by atomic mass is 14.5. The van der Waals surface area contributed by atoms with Gasteiger partial charge in [0.25, 0.3) is 0 Å². The average Bonchev–Trinajstić information content (AvgIpc) is 2.75. The van der Waals surface area contributed by atoms with E-state index in [9.17, 15) is 0 Å². The van der Waals surface area contributed by atoms with Crippen molar-refractivity contribution in [1.82, 2.24) is 0 Å². The molecule has 0 spiro atoms. The second-order valence-corrected chi connectivity index (χ2v) is 12.2. The SMILES string of the molecule is CC1CCCCCCC(C)(C2(C)CCCCCCCCCCCC2)CCCCCC1. The van der Waals surface area contributed by atoms with E-state index in [1.807, 2.05) is 0 Å². The van der Waals surface area contributed by atoms with Crippen LogP contribution in [0.2, 0.25) is 0 Å². The monoisotopic (exact) mass is 418 g/mol. The fraction of sp³-hybridized carbons (Fsp3) is 1.00. The van der Waals surface area contributed by atoms with Gasteiger partial charge in [0, 0.05) is 0 Å². The van der Waals surface area contributed by atoms with Gasteiger partial charge < -0.3 is 0 Å². The van der Waals surface area contributed by atoms with Gasteiger partial charge in [-0.3, -0.25) is 0 Å². The van der Waals surface area contributed by atoms with E-state index >= 15 is 0 Å². The lowest BCUT2D eigenvalue weighted by molar-refractivity contribution is 0.0208. The van der Waals surface area contributed by atoms with Gasteiger partial charge in [-0.05, 0) is 42.4 Å². The zero-order valence-electron chi connectivity index (χ0n) is 21.5. The van der Waals surface area contributed by atoms with Gasteiger partial charge >= 0.3 is 0 Å².